The van der Waals surface area contributed by atoms with Crippen LogP contribution < -0.4 is 0 Å². The third kappa shape index (κ3) is 2.50. The van der Waals surface area contributed by atoms with E-state index in [-0.39, 0.29) is 0 Å². The van der Waals surface area contributed by atoms with E-state index in [4.69, 9.17) is 5.11 Å². The number of nitrogens with zero attached hydrogens (tertiary/aromatic N) is 3. The molecule has 0 radical (unpaired) electrons. The van der Waals surface area contributed by atoms with Crippen LogP contribution in [0.2, 0.25) is 0 Å². The Hall–Kier alpha value is -0.520. The molecule has 0 atom stereocenters. The summed E-state index contributed by atoms with van der Waals surface area (Å²) >= 11 is 1.27. The molecule has 2 rings (SSSR count). The molecule has 2 heterocycles. The monoisotopic (exact) mass is 213 g/mol. The minimum atomic E-state index is 0.339. The molecule has 1 aromatic rings. The maximum absolute atomic E-state index is 8.99. The van der Waals surface area contributed by atoms with Gasteiger partial charge in [-0.3, -0.25) is 4.90 Å². The summed E-state index contributed by atoms with van der Waals surface area (Å²) in [6, 6.07) is 0. The van der Waals surface area contributed by atoms with Gasteiger partial charge >= 0.3 is 0 Å². The highest BCUT2D eigenvalue weighted by Gasteiger charge is 2.18. The SMILES string of the molecule is OCC1CCN(Cc2cnsn2)CC1. The lowest BCUT2D eigenvalue weighted by atomic mass is 9.98. The third-order valence-corrected chi connectivity index (χ3v) is 3.27. The Balaban J connectivity index is 1.79. The van der Waals surface area contributed by atoms with Crippen molar-refractivity contribution in [3.05, 3.63) is 11.9 Å². The Morgan fingerprint density at radius 2 is 2.29 bits per heavy atom. The van der Waals surface area contributed by atoms with Crippen LogP contribution in [0, 0.1) is 5.92 Å². The van der Waals surface area contributed by atoms with Crippen LogP contribution in [-0.2, 0) is 6.54 Å². The zero-order valence-electron chi connectivity index (χ0n) is 8.09. The van der Waals surface area contributed by atoms with Crippen molar-refractivity contribution in [3.8, 4) is 0 Å². The zero-order valence-corrected chi connectivity index (χ0v) is 8.91. The highest BCUT2D eigenvalue weighted by molar-refractivity contribution is 6.99. The number of aliphatic hydroxyl groups is 1. The number of hydrogen-bond acceptors (Lipinski definition) is 5. The molecule has 0 aromatic carbocycles. The van der Waals surface area contributed by atoms with Gasteiger partial charge in [0.05, 0.1) is 23.6 Å². The minimum absolute atomic E-state index is 0.339. The van der Waals surface area contributed by atoms with Gasteiger partial charge in [0.15, 0.2) is 0 Å². The van der Waals surface area contributed by atoms with E-state index in [1.807, 2.05) is 6.20 Å². The number of aliphatic hydroxyl groups excluding tert-OH is 1. The number of aromatic nitrogens is 2. The van der Waals surface area contributed by atoms with E-state index in [0.29, 0.717) is 12.5 Å². The molecule has 0 amide bonds. The van der Waals surface area contributed by atoms with Crippen molar-refractivity contribution in [1.29, 1.82) is 0 Å². The fourth-order valence-corrected chi connectivity index (χ4v) is 2.24. The molecule has 1 aliphatic rings. The molecule has 1 aliphatic heterocycles. The topological polar surface area (TPSA) is 49.2 Å². The molecule has 0 saturated carbocycles. The molecule has 14 heavy (non-hydrogen) atoms. The first kappa shape index (κ1) is 10.0. The van der Waals surface area contributed by atoms with Crippen LogP contribution in [0.3, 0.4) is 0 Å². The lowest BCUT2D eigenvalue weighted by molar-refractivity contribution is 0.126. The van der Waals surface area contributed by atoms with Crippen LogP contribution in [0.15, 0.2) is 6.20 Å². The van der Waals surface area contributed by atoms with Crippen LogP contribution in [0.5, 0.6) is 0 Å². The number of hydrogen-bond donors (Lipinski definition) is 1. The number of rotatable bonds is 3. The third-order valence-electron chi connectivity index (χ3n) is 2.76. The first-order valence-electron chi connectivity index (χ1n) is 4.98. The second-order valence-electron chi connectivity index (χ2n) is 3.80. The summed E-state index contributed by atoms with van der Waals surface area (Å²) < 4.78 is 8.17. The molecule has 0 aliphatic carbocycles. The van der Waals surface area contributed by atoms with Crippen LogP contribution in [0.1, 0.15) is 18.5 Å². The molecule has 5 heteroatoms. The second kappa shape index (κ2) is 4.82. The first-order valence-corrected chi connectivity index (χ1v) is 5.71. The van der Waals surface area contributed by atoms with Gasteiger partial charge < -0.3 is 5.11 Å². The van der Waals surface area contributed by atoms with Crippen LogP contribution in [0.4, 0.5) is 0 Å². The second-order valence-corrected chi connectivity index (χ2v) is 4.36. The van der Waals surface area contributed by atoms with Crippen molar-refractivity contribution in [2.75, 3.05) is 19.7 Å². The zero-order chi connectivity index (χ0) is 9.80. The Morgan fingerprint density at radius 1 is 1.50 bits per heavy atom. The van der Waals surface area contributed by atoms with E-state index in [2.05, 4.69) is 13.6 Å². The maximum Gasteiger partial charge on any atom is 0.0883 e. The summed E-state index contributed by atoms with van der Waals surface area (Å²) in [6.07, 6.45) is 4.05. The van der Waals surface area contributed by atoms with Gasteiger partial charge in [0.25, 0.3) is 0 Å². The summed E-state index contributed by atoms with van der Waals surface area (Å²) in [7, 11) is 0. The van der Waals surface area contributed by atoms with Crippen LogP contribution >= 0.6 is 11.7 Å². The number of piperidine rings is 1. The summed E-state index contributed by atoms with van der Waals surface area (Å²) in [5, 5.41) is 8.99. The summed E-state index contributed by atoms with van der Waals surface area (Å²) in [6.45, 7) is 3.40. The quantitative estimate of drug-likeness (QED) is 0.804. The Kier molecular flexibility index (Phi) is 3.44. The standard InChI is InChI=1S/C9H15N3OS/c13-7-8-1-3-12(4-2-8)6-9-5-10-14-11-9/h5,8,13H,1-4,6-7H2. The van der Waals surface area contributed by atoms with E-state index >= 15 is 0 Å². The summed E-state index contributed by atoms with van der Waals surface area (Å²) in [5.74, 6) is 0.514. The van der Waals surface area contributed by atoms with E-state index in [0.717, 1.165) is 38.2 Å². The Labute approximate surface area is 87.9 Å². The van der Waals surface area contributed by atoms with Gasteiger partial charge in [0.1, 0.15) is 0 Å². The molecule has 1 fully saturated rings. The van der Waals surface area contributed by atoms with Gasteiger partial charge in [-0.05, 0) is 31.8 Å². The largest absolute Gasteiger partial charge is 0.396 e. The summed E-state index contributed by atoms with van der Waals surface area (Å²) in [4.78, 5) is 2.38. The van der Waals surface area contributed by atoms with E-state index in [9.17, 15) is 0 Å². The Morgan fingerprint density at radius 3 is 2.86 bits per heavy atom. The van der Waals surface area contributed by atoms with Gasteiger partial charge in [-0.25, -0.2) is 0 Å². The Bertz CT molecular complexity index is 257. The van der Waals surface area contributed by atoms with Gasteiger partial charge in [-0.1, -0.05) is 0 Å². The van der Waals surface area contributed by atoms with Crippen molar-refractivity contribution >= 4 is 11.7 Å². The highest BCUT2D eigenvalue weighted by atomic mass is 32.1. The normalized spacial score (nSPS) is 20.1. The fraction of sp³-hybridized carbons (Fsp3) is 0.778. The smallest absolute Gasteiger partial charge is 0.0883 e. The maximum atomic E-state index is 8.99. The molecule has 1 aromatic heterocycles. The van der Waals surface area contributed by atoms with Gasteiger partial charge in [0.2, 0.25) is 0 Å². The van der Waals surface area contributed by atoms with Crippen molar-refractivity contribution in [2.45, 2.75) is 19.4 Å². The van der Waals surface area contributed by atoms with Crippen molar-refractivity contribution in [2.24, 2.45) is 5.92 Å². The minimum Gasteiger partial charge on any atom is -0.396 e. The van der Waals surface area contributed by atoms with E-state index < -0.39 is 0 Å². The molecular formula is C9H15N3OS. The fourth-order valence-electron chi connectivity index (χ4n) is 1.81. The summed E-state index contributed by atoms with van der Waals surface area (Å²) in [5.41, 5.74) is 1.07. The highest BCUT2D eigenvalue weighted by Crippen LogP contribution is 2.17. The average Bonchev–Trinajstić information content (AvgIpc) is 2.72. The molecule has 4 nitrogen and oxygen atoms in total. The predicted molar refractivity (Wildman–Crippen MR) is 55.0 cm³/mol. The van der Waals surface area contributed by atoms with Crippen molar-refractivity contribution < 1.29 is 5.11 Å². The van der Waals surface area contributed by atoms with Crippen molar-refractivity contribution in [3.63, 3.8) is 0 Å². The lowest BCUT2D eigenvalue weighted by Gasteiger charge is -2.30. The van der Waals surface area contributed by atoms with Crippen LogP contribution in [0.25, 0.3) is 0 Å². The lowest BCUT2D eigenvalue weighted by Crippen LogP contribution is -2.34. The van der Waals surface area contributed by atoms with Gasteiger partial charge in [-0.15, -0.1) is 0 Å². The molecule has 78 valence electrons. The van der Waals surface area contributed by atoms with E-state index in [1.165, 1.54) is 11.7 Å². The van der Waals surface area contributed by atoms with Crippen molar-refractivity contribution in [1.82, 2.24) is 13.6 Å². The molecule has 0 bridgehead atoms. The van der Waals surface area contributed by atoms with E-state index in [1.54, 1.807) is 0 Å². The molecule has 1 N–H and O–H groups in total. The van der Waals surface area contributed by atoms with Crippen LogP contribution in [-0.4, -0.2) is 38.4 Å². The molecular weight excluding hydrogens is 198 g/mol. The first-order chi connectivity index (χ1) is 6.88. The predicted octanol–water partition coefficient (Wildman–Crippen LogP) is 0.742. The number of likely N-dealkylation sites (tertiary alicyclic amines) is 1. The van der Waals surface area contributed by atoms with Gasteiger partial charge in [-0.2, -0.15) is 8.75 Å². The molecule has 0 spiro atoms. The van der Waals surface area contributed by atoms with Gasteiger partial charge in [0, 0.05) is 13.2 Å². The average molecular weight is 213 g/mol. The molecule has 0 unspecified atom stereocenters. The molecule has 1 saturated heterocycles.